The molecule has 17 heavy (non-hydrogen) atoms. The Hall–Kier alpha value is 0. The Morgan fingerprint density at radius 3 is 2.41 bits per heavy atom. The molecule has 0 heterocycles. The highest BCUT2D eigenvalue weighted by Gasteiger charge is 2.64. The minimum Gasteiger partial charge on any atom is -0.0654 e. The molecule has 0 aliphatic heterocycles. The smallest absolute Gasteiger partial charge is 0.0295 e. The van der Waals surface area contributed by atoms with Gasteiger partial charge in [-0.2, -0.15) is 0 Å². The molecule has 0 nitrogen and oxygen atoms in total. The maximum atomic E-state index is 2.56. The van der Waals surface area contributed by atoms with Crippen molar-refractivity contribution < 1.29 is 0 Å². The van der Waals surface area contributed by atoms with Crippen molar-refractivity contribution in [3.05, 3.63) is 0 Å². The van der Waals surface area contributed by atoms with Gasteiger partial charge in [-0.15, -0.1) is 0 Å². The molecule has 0 N–H and O–H groups in total. The normalized spacial score (nSPS) is 55.2. The van der Waals surface area contributed by atoms with Crippen molar-refractivity contribution in [1.29, 1.82) is 0 Å². The summed E-state index contributed by atoms with van der Waals surface area (Å²) >= 11 is 0. The Labute approximate surface area is 108 Å². The average molecular weight is 234 g/mol. The van der Waals surface area contributed by atoms with Crippen LogP contribution in [0.25, 0.3) is 0 Å². The van der Waals surface area contributed by atoms with E-state index >= 15 is 0 Å². The summed E-state index contributed by atoms with van der Waals surface area (Å²) in [4.78, 5) is 0. The molecule has 7 unspecified atom stereocenters. The standard InChI is InChI=1S/C17H30/c1-6-7-12-8-10(2)15-13-9-14(16(12)15)17(4,5)11(13)3/h10-16H,6-9H2,1-5H3. The van der Waals surface area contributed by atoms with Crippen LogP contribution in [-0.2, 0) is 0 Å². The van der Waals surface area contributed by atoms with E-state index in [0.29, 0.717) is 5.41 Å². The lowest BCUT2D eigenvalue weighted by atomic mass is 9.60. The lowest BCUT2D eigenvalue weighted by Crippen LogP contribution is -2.40. The predicted octanol–water partition coefficient (Wildman–Crippen LogP) is 4.99. The monoisotopic (exact) mass is 234 g/mol. The summed E-state index contributed by atoms with van der Waals surface area (Å²) in [7, 11) is 0. The third kappa shape index (κ3) is 1.42. The summed E-state index contributed by atoms with van der Waals surface area (Å²) in [5.41, 5.74) is 0.627. The number of hydrogen-bond donors (Lipinski definition) is 0. The Morgan fingerprint density at radius 2 is 1.76 bits per heavy atom. The molecule has 98 valence electrons. The highest BCUT2D eigenvalue weighted by Crippen LogP contribution is 2.70. The second kappa shape index (κ2) is 3.75. The maximum Gasteiger partial charge on any atom is -0.0295 e. The number of hydrogen-bond acceptors (Lipinski definition) is 0. The zero-order chi connectivity index (χ0) is 12.4. The molecule has 0 aromatic carbocycles. The molecule has 2 bridgehead atoms. The third-order valence-corrected chi connectivity index (χ3v) is 7.24. The molecule has 3 aliphatic rings. The van der Waals surface area contributed by atoms with Gasteiger partial charge in [0.1, 0.15) is 0 Å². The predicted molar refractivity (Wildman–Crippen MR) is 73.7 cm³/mol. The minimum absolute atomic E-state index is 0.627. The van der Waals surface area contributed by atoms with Gasteiger partial charge in [-0.25, -0.2) is 0 Å². The van der Waals surface area contributed by atoms with Gasteiger partial charge >= 0.3 is 0 Å². The van der Waals surface area contributed by atoms with Crippen LogP contribution in [0, 0.1) is 46.8 Å². The topological polar surface area (TPSA) is 0 Å². The molecule has 0 heteroatoms. The lowest BCUT2D eigenvalue weighted by Gasteiger charge is -2.45. The van der Waals surface area contributed by atoms with E-state index in [2.05, 4.69) is 34.6 Å². The Balaban J connectivity index is 1.90. The van der Waals surface area contributed by atoms with E-state index in [1.807, 2.05) is 0 Å². The highest BCUT2D eigenvalue weighted by molar-refractivity contribution is 5.12. The molecule has 0 amide bonds. The fraction of sp³-hybridized carbons (Fsp3) is 1.00. The molecule has 3 aliphatic carbocycles. The summed E-state index contributed by atoms with van der Waals surface area (Å²) in [6, 6.07) is 0. The van der Waals surface area contributed by atoms with Gasteiger partial charge in [0.25, 0.3) is 0 Å². The van der Waals surface area contributed by atoms with E-state index < -0.39 is 0 Å². The molecular weight excluding hydrogens is 204 g/mol. The van der Waals surface area contributed by atoms with E-state index in [0.717, 1.165) is 41.4 Å². The molecule has 0 saturated heterocycles. The van der Waals surface area contributed by atoms with Crippen molar-refractivity contribution >= 4 is 0 Å². The van der Waals surface area contributed by atoms with Gasteiger partial charge in [-0.05, 0) is 59.7 Å². The zero-order valence-corrected chi connectivity index (χ0v) is 12.4. The van der Waals surface area contributed by atoms with Crippen LogP contribution in [-0.4, -0.2) is 0 Å². The van der Waals surface area contributed by atoms with Crippen LogP contribution in [0.3, 0.4) is 0 Å². The highest BCUT2D eigenvalue weighted by atomic mass is 14.7. The van der Waals surface area contributed by atoms with Gasteiger partial charge < -0.3 is 0 Å². The summed E-state index contributed by atoms with van der Waals surface area (Å²) in [5, 5.41) is 0. The van der Waals surface area contributed by atoms with E-state index in [-0.39, 0.29) is 0 Å². The van der Waals surface area contributed by atoms with E-state index in [1.54, 1.807) is 12.8 Å². The molecule has 0 spiro atoms. The van der Waals surface area contributed by atoms with Gasteiger partial charge in [-0.1, -0.05) is 47.5 Å². The Bertz CT molecular complexity index is 303. The van der Waals surface area contributed by atoms with Gasteiger partial charge in [0.15, 0.2) is 0 Å². The van der Waals surface area contributed by atoms with Gasteiger partial charge in [0, 0.05) is 0 Å². The molecule has 0 aromatic rings. The van der Waals surface area contributed by atoms with Crippen molar-refractivity contribution in [2.24, 2.45) is 46.8 Å². The fourth-order valence-electron chi connectivity index (χ4n) is 6.30. The average Bonchev–Trinajstić information content (AvgIpc) is 2.84. The molecule has 3 saturated carbocycles. The summed E-state index contributed by atoms with van der Waals surface area (Å²) < 4.78 is 0. The van der Waals surface area contributed by atoms with Crippen LogP contribution >= 0.6 is 0 Å². The molecular formula is C17H30. The molecule has 0 radical (unpaired) electrons. The largest absolute Gasteiger partial charge is 0.0654 e. The first-order chi connectivity index (χ1) is 7.98. The summed E-state index contributed by atoms with van der Waals surface area (Å²) in [6.45, 7) is 12.6. The van der Waals surface area contributed by atoms with E-state index in [9.17, 15) is 0 Å². The van der Waals surface area contributed by atoms with Crippen molar-refractivity contribution in [3.8, 4) is 0 Å². The Kier molecular flexibility index (Phi) is 2.66. The molecule has 0 aromatic heterocycles. The Morgan fingerprint density at radius 1 is 1.06 bits per heavy atom. The second-order valence-corrected chi connectivity index (χ2v) is 8.03. The van der Waals surface area contributed by atoms with Crippen molar-refractivity contribution in [2.75, 3.05) is 0 Å². The first-order valence-electron chi connectivity index (χ1n) is 7.98. The van der Waals surface area contributed by atoms with Crippen LogP contribution in [0.5, 0.6) is 0 Å². The number of fused-ring (bicyclic) bond motifs is 5. The van der Waals surface area contributed by atoms with Crippen molar-refractivity contribution in [3.63, 3.8) is 0 Å². The SMILES string of the molecule is CCCC1CC(C)C2C3CC(C12)C(C)(C)C3C. The third-order valence-electron chi connectivity index (χ3n) is 7.24. The van der Waals surface area contributed by atoms with Crippen molar-refractivity contribution in [2.45, 2.75) is 60.3 Å². The molecule has 3 rings (SSSR count). The molecule has 7 atom stereocenters. The quantitative estimate of drug-likeness (QED) is 0.631. The maximum absolute atomic E-state index is 2.56. The van der Waals surface area contributed by atoms with Gasteiger partial charge in [-0.3, -0.25) is 0 Å². The van der Waals surface area contributed by atoms with Gasteiger partial charge in [0.2, 0.25) is 0 Å². The zero-order valence-electron chi connectivity index (χ0n) is 12.4. The summed E-state index contributed by atoms with van der Waals surface area (Å²) in [5.74, 6) is 7.37. The van der Waals surface area contributed by atoms with E-state index in [4.69, 9.17) is 0 Å². The first kappa shape index (κ1) is 12.1. The minimum atomic E-state index is 0.627. The number of rotatable bonds is 2. The van der Waals surface area contributed by atoms with Gasteiger partial charge in [0.05, 0.1) is 0 Å². The fourth-order valence-corrected chi connectivity index (χ4v) is 6.30. The van der Waals surface area contributed by atoms with Crippen LogP contribution in [0.15, 0.2) is 0 Å². The van der Waals surface area contributed by atoms with Crippen LogP contribution in [0.4, 0.5) is 0 Å². The first-order valence-corrected chi connectivity index (χ1v) is 7.98. The van der Waals surface area contributed by atoms with E-state index in [1.165, 1.54) is 12.8 Å². The lowest BCUT2D eigenvalue weighted by molar-refractivity contribution is 0.0287. The van der Waals surface area contributed by atoms with Crippen LogP contribution in [0.1, 0.15) is 60.3 Å². The van der Waals surface area contributed by atoms with Crippen LogP contribution in [0.2, 0.25) is 0 Å². The second-order valence-electron chi connectivity index (χ2n) is 8.03. The van der Waals surface area contributed by atoms with Crippen LogP contribution < -0.4 is 0 Å². The summed E-state index contributed by atoms with van der Waals surface area (Å²) in [6.07, 6.45) is 6.00. The van der Waals surface area contributed by atoms with Crippen molar-refractivity contribution in [1.82, 2.24) is 0 Å². The molecule has 3 fully saturated rings.